The maximum absolute atomic E-state index is 10.2. The van der Waals surface area contributed by atoms with Crippen molar-refractivity contribution in [2.24, 2.45) is 0 Å². The fourth-order valence-corrected chi connectivity index (χ4v) is 2.82. The summed E-state index contributed by atoms with van der Waals surface area (Å²) >= 11 is 1.94. The molecule has 0 spiro atoms. The van der Waals surface area contributed by atoms with Crippen molar-refractivity contribution in [3.8, 4) is 5.75 Å². The molecule has 20 heavy (non-hydrogen) atoms. The number of nitrogens with zero attached hydrogens (tertiary/aromatic N) is 2. The molecule has 0 amide bonds. The lowest BCUT2D eigenvalue weighted by Gasteiger charge is -2.23. The van der Waals surface area contributed by atoms with Gasteiger partial charge in [0.25, 0.3) is 0 Å². The zero-order valence-electron chi connectivity index (χ0n) is 12.9. The van der Waals surface area contributed by atoms with Gasteiger partial charge in [0.15, 0.2) is 0 Å². The highest BCUT2D eigenvalue weighted by Crippen LogP contribution is 2.25. The van der Waals surface area contributed by atoms with Crippen LogP contribution >= 0.6 is 11.8 Å². The van der Waals surface area contributed by atoms with Crippen LogP contribution in [0.2, 0.25) is 0 Å². The average molecular weight is 298 g/mol. The lowest BCUT2D eigenvalue weighted by atomic mass is 10.1. The van der Waals surface area contributed by atoms with Crippen LogP contribution in [0.3, 0.4) is 0 Å². The molecular weight excluding hydrogens is 272 g/mol. The Balaban J connectivity index is 2.76. The zero-order chi connectivity index (χ0) is 15.1. The molecule has 2 N–H and O–H groups in total. The molecule has 1 aromatic rings. The van der Waals surface area contributed by atoms with Gasteiger partial charge in [0, 0.05) is 36.2 Å². The third-order valence-corrected chi connectivity index (χ3v) is 4.37. The van der Waals surface area contributed by atoms with E-state index in [-0.39, 0.29) is 12.4 Å². The lowest BCUT2D eigenvalue weighted by molar-refractivity contribution is 0.265. The van der Waals surface area contributed by atoms with E-state index in [1.807, 2.05) is 11.8 Å². The minimum absolute atomic E-state index is 0.0888. The summed E-state index contributed by atoms with van der Waals surface area (Å²) in [5.74, 6) is 1.29. The summed E-state index contributed by atoms with van der Waals surface area (Å²) in [6.45, 7) is 10.8. The van der Waals surface area contributed by atoms with Gasteiger partial charge in [0.05, 0.1) is 12.3 Å². The minimum Gasteiger partial charge on any atom is -0.506 e. The normalized spacial score (nSPS) is 11.6. The number of rotatable bonds is 8. The number of pyridine rings is 1. The first-order valence-corrected chi connectivity index (χ1v) is 8.15. The van der Waals surface area contributed by atoms with Gasteiger partial charge in [-0.1, -0.05) is 20.8 Å². The molecule has 0 saturated carbocycles. The van der Waals surface area contributed by atoms with Gasteiger partial charge in [-0.2, -0.15) is 11.8 Å². The standard InChI is InChI=1S/C15H26N2O2S/c1-5-17(6-7-20-11(2)3)9-14-13(10-18)8-16-12(4)15(14)19/h8,11,18-19H,5-7,9-10H2,1-4H3. The smallest absolute Gasteiger partial charge is 0.141 e. The van der Waals surface area contributed by atoms with Gasteiger partial charge in [0.1, 0.15) is 5.75 Å². The third kappa shape index (κ3) is 4.96. The van der Waals surface area contributed by atoms with Crippen molar-refractivity contribution in [2.75, 3.05) is 18.8 Å². The number of aromatic hydroxyl groups is 1. The predicted octanol–water partition coefficient (Wildman–Crippen LogP) is 2.55. The van der Waals surface area contributed by atoms with Crippen molar-refractivity contribution in [3.63, 3.8) is 0 Å². The fraction of sp³-hybridized carbons (Fsp3) is 0.667. The number of aliphatic hydroxyl groups is 1. The van der Waals surface area contributed by atoms with Crippen molar-refractivity contribution in [1.82, 2.24) is 9.88 Å². The van der Waals surface area contributed by atoms with Crippen LogP contribution in [0, 0.1) is 6.92 Å². The summed E-state index contributed by atoms with van der Waals surface area (Å²) in [6.07, 6.45) is 1.65. The van der Waals surface area contributed by atoms with Crippen molar-refractivity contribution in [2.45, 2.75) is 46.1 Å². The topological polar surface area (TPSA) is 56.6 Å². The first-order valence-electron chi connectivity index (χ1n) is 7.10. The summed E-state index contributed by atoms with van der Waals surface area (Å²) in [5, 5.41) is 20.2. The lowest BCUT2D eigenvalue weighted by Crippen LogP contribution is -2.26. The largest absolute Gasteiger partial charge is 0.506 e. The summed E-state index contributed by atoms with van der Waals surface area (Å²) in [6, 6.07) is 0. The summed E-state index contributed by atoms with van der Waals surface area (Å²) in [5.41, 5.74) is 2.13. The second-order valence-electron chi connectivity index (χ2n) is 5.14. The molecule has 0 radical (unpaired) electrons. The number of aliphatic hydroxyl groups excluding tert-OH is 1. The van der Waals surface area contributed by atoms with Crippen molar-refractivity contribution in [1.29, 1.82) is 0 Å². The first kappa shape index (κ1) is 17.3. The highest BCUT2D eigenvalue weighted by Gasteiger charge is 2.14. The van der Waals surface area contributed by atoms with Crippen molar-refractivity contribution in [3.05, 3.63) is 23.0 Å². The van der Waals surface area contributed by atoms with Crippen LogP contribution in [0.1, 0.15) is 37.6 Å². The van der Waals surface area contributed by atoms with Crippen molar-refractivity contribution < 1.29 is 10.2 Å². The molecule has 1 heterocycles. The van der Waals surface area contributed by atoms with Gasteiger partial charge in [-0.3, -0.25) is 9.88 Å². The Morgan fingerprint density at radius 3 is 2.65 bits per heavy atom. The van der Waals surface area contributed by atoms with E-state index in [4.69, 9.17) is 0 Å². The summed E-state index contributed by atoms with van der Waals surface area (Å²) < 4.78 is 0. The van der Waals surface area contributed by atoms with E-state index in [0.29, 0.717) is 23.1 Å². The molecule has 0 bridgehead atoms. The van der Waals surface area contributed by atoms with E-state index < -0.39 is 0 Å². The first-order chi connectivity index (χ1) is 9.49. The van der Waals surface area contributed by atoms with Crippen LogP contribution in [-0.4, -0.2) is 44.2 Å². The van der Waals surface area contributed by atoms with Crippen LogP contribution in [0.4, 0.5) is 0 Å². The van der Waals surface area contributed by atoms with Crippen LogP contribution < -0.4 is 0 Å². The maximum Gasteiger partial charge on any atom is 0.141 e. The van der Waals surface area contributed by atoms with Gasteiger partial charge in [-0.25, -0.2) is 0 Å². The Kier molecular flexibility index (Phi) is 7.34. The molecule has 0 aliphatic heterocycles. The number of aromatic nitrogens is 1. The van der Waals surface area contributed by atoms with E-state index in [0.717, 1.165) is 24.4 Å². The Morgan fingerprint density at radius 1 is 1.40 bits per heavy atom. The molecule has 0 unspecified atom stereocenters. The second-order valence-corrected chi connectivity index (χ2v) is 6.83. The van der Waals surface area contributed by atoms with E-state index in [2.05, 4.69) is 30.7 Å². The Hall–Kier alpha value is -0.780. The molecule has 0 aromatic carbocycles. The van der Waals surface area contributed by atoms with E-state index in [1.54, 1.807) is 13.1 Å². The molecule has 0 aliphatic rings. The molecule has 1 rings (SSSR count). The molecule has 0 fully saturated rings. The molecule has 0 saturated heterocycles. The van der Waals surface area contributed by atoms with Crippen LogP contribution in [0.25, 0.3) is 0 Å². The molecule has 5 heteroatoms. The molecule has 1 aromatic heterocycles. The van der Waals surface area contributed by atoms with Gasteiger partial charge in [-0.05, 0) is 18.7 Å². The third-order valence-electron chi connectivity index (χ3n) is 3.29. The molecule has 114 valence electrons. The zero-order valence-corrected chi connectivity index (χ0v) is 13.7. The number of hydrogen-bond acceptors (Lipinski definition) is 5. The Labute approximate surface area is 126 Å². The molecular formula is C15H26N2O2S. The van der Waals surface area contributed by atoms with E-state index >= 15 is 0 Å². The maximum atomic E-state index is 10.2. The van der Waals surface area contributed by atoms with Gasteiger partial charge < -0.3 is 10.2 Å². The fourth-order valence-electron chi connectivity index (χ4n) is 1.99. The van der Waals surface area contributed by atoms with E-state index in [1.165, 1.54) is 0 Å². The quantitative estimate of drug-likeness (QED) is 0.772. The Morgan fingerprint density at radius 2 is 2.10 bits per heavy atom. The second kappa shape index (κ2) is 8.49. The number of thioether (sulfide) groups is 1. The van der Waals surface area contributed by atoms with Gasteiger partial charge >= 0.3 is 0 Å². The summed E-state index contributed by atoms with van der Waals surface area (Å²) in [7, 11) is 0. The molecule has 0 aliphatic carbocycles. The number of aryl methyl sites for hydroxylation is 1. The summed E-state index contributed by atoms with van der Waals surface area (Å²) in [4.78, 5) is 6.38. The van der Waals surface area contributed by atoms with Crippen LogP contribution in [-0.2, 0) is 13.2 Å². The van der Waals surface area contributed by atoms with Crippen molar-refractivity contribution >= 4 is 11.8 Å². The molecule has 4 nitrogen and oxygen atoms in total. The average Bonchev–Trinajstić information content (AvgIpc) is 2.42. The minimum atomic E-state index is -0.0888. The highest BCUT2D eigenvalue weighted by molar-refractivity contribution is 7.99. The Bertz CT molecular complexity index is 425. The molecule has 0 atom stereocenters. The monoisotopic (exact) mass is 298 g/mol. The highest BCUT2D eigenvalue weighted by atomic mass is 32.2. The van der Waals surface area contributed by atoms with E-state index in [9.17, 15) is 10.2 Å². The number of hydrogen-bond donors (Lipinski definition) is 2. The van der Waals surface area contributed by atoms with Gasteiger partial charge in [-0.15, -0.1) is 0 Å². The predicted molar refractivity (Wildman–Crippen MR) is 85.1 cm³/mol. The van der Waals surface area contributed by atoms with Gasteiger partial charge in [0.2, 0.25) is 0 Å². The SMILES string of the molecule is CCN(CCSC(C)C)Cc1c(CO)cnc(C)c1O. The van der Waals surface area contributed by atoms with Crippen LogP contribution in [0.5, 0.6) is 5.75 Å². The van der Waals surface area contributed by atoms with Crippen LogP contribution in [0.15, 0.2) is 6.20 Å².